The van der Waals surface area contributed by atoms with Gasteiger partial charge in [-0.25, -0.2) is 0 Å². The highest BCUT2D eigenvalue weighted by atomic mass is 14.9. The Hall–Kier alpha value is -0.720. The number of hydrogen-bond donors (Lipinski definition) is 0. The summed E-state index contributed by atoms with van der Waals surface area (Å²) in [4.78, 5) is 0. The first-order valence-corrected chi connectivity index (χ1v) is 4.31. The van der Waals surface area contributed by atoms with E-state index in [4.69, 9.17) is 0 Å². The van der Waals surface area contributed by atoms with Gasteiger partial charge < -0.3 is 4.57 Å². The lowest BCUT2D eigenvalue weighted by molar-refractivity contribution is 0.365. The molecule has 0 fully saturated rings. The van der Waals surface area contributed by atoms with Gasteiger partial charge >= 0.3 is 0 Å². The van der Waals surface area contributed by atoms with Crippen molar-refractivity contribution >= 4 is 0 Å². The highest BCUT2D eigenvalue weighted by molar-refractivity contribution is 4.90. The van der Waals surface area contributed by atoms with Crippen LogP contribution in [0.1, 0.15) is 20.8 Å². The maximum absolute atomic E-state index is 2.30. The van der Waals surface area contributed by atoms with Gasteiger partial charge in [0.25, 0.3) is 0 Å². The second-order valence-corrected chi connectivity index (χ2v) is 3.60. The first-order chi connectivity index (χ1) is 5.20. The molecule has 0 aliphatic heterocycles. The summed E-state index contributed by atoms with van der Waals surface area (Å²) in [7, 11) is 0. The molecule has 11 heavy (non-hydrogen) atoms. The highest BCUT2D eigenvalue weighted by Crippen LogP contribution is 2.11. The molecule has 1 rings (SSSR count). The molecular formula is C10H17N. The molecule has 1 aromatic heterocycles. The Morgan fingerprint density at radius 3 is 2.09 bits per heavy atom. The molecule has 62 valence electrons. The lowest BCUT2D eigenvalue weighted by atomic mass is 9.98. The van der Waals surface area contributed by atoms with Gasteiger partial charge in [-0.05, 0) is 24.0 Å². The van der Waals surface area contributed by atoms with Gasteiger partial charge in [-0.15, -0.1) is 0 Å². The molecule has 1 aromatic rings. The summed E-state index contributed by atoms with van der Waals surface area (Å²) in [5.41, 5.74) is 0. The predicted octanol–water partition coefficient (Wildman–Crippen LogP) is 2.78. The monoisotopic (exact) mass is 151 g/mol. The van der Waals surface area contributed by atoms with Crippen molar-refractivity contribution < 1.29 is 0 Å². The first kappa shape index (κ1) is 8.38. The molecule has 0 radical (unpaired) electrons. The summed E-state index contributed by atoms with van der Waals surface area (Å²) in [6.07, 6.45) is 4.25. The van der Waals surface area contributed by atoms with E-state index in [1.54, 1.807) is 0 Å². The summed E-state index contributed by atoms with van der Waals surface area (Å²) in [6.45, 7) is 7.98. The van der Waals surface area contributed by atoms with Crippen LogP contribution in [0.3, 0.4) is 0 Å². The number of nitrogens with zero attached hydrogens (tertiary/aromatic N) is 1. The molecule has 0 aliphatic carbocycles. The molecule has 0 bridgehead atoms. The van der Waals surface area contributed by atoms with E-state index in [-0.39, 0.29) is 0 Å². The average molecular weight is 151 g/mol. The van der Waals surface area contributed by atoms with Gasteiger partial charge in [0.15, 0.2) is 0 Å². The molecule has 1 heterocycles. The Balaban J connectivity index is 2.43. The van der Waals surface area contributed by atoms with Crippen molar-refractivity contribution in [3.05, 3.63) is 24.5 Å². The highest BCUT2D eigenvalue weighted by Gasteiger charge is 2.06. The van der Waals surface area contributed by atoms with Crippen LogP contribution in [-0.4, -0.2) is 4.57 Å². The van der Waals surface area contributed by atoms with Crippen LogP contribution in [-0.2, 0) is 6.54 Å². The minimum Gasteiger partial charge on any atom is -0.354 e. The first-order valence-electron chi connectivity index (χ1n) is 4.31. The van der Waals surface area contributed by atoms with E-state index in [1.165, 1.54) is 0 Å². The quantitative estimate of drug-likeness (QED) is 0.626. The van der Waals surface area contributed by atoms with Gasteiger partial charge in [-0.3, -0.25) is 0 Å². The fraction of sp³-hybridized carbons (Fsp3) is 0.600. The number of hydrogen-bond acceptors (Lipinski definition) is 0. The molecule has 0 aliphatic rings. The molecule has 1 nitrogen and oxygen atoms in total. The van der Waals surface area contributed by atoms with Crippen molar-refractivity contribution in [2.24, 2.45) is 11.8 Å². The number of aromatic nitrogens is 1. The summed E-state index contributed by atoms with van der Waals surface area (Å²) in [5.74, 6) is 1.54. The van der Waals surface area contributed by atoms with Crippen LogP contribution in [0.15, 0.2) is 24.5 Å². The Labute approximate surface area is 69.0 Å². The Bertz CT molecular complexity index is 187. The van der Waals surface area contributed by atoms with Crippen molar-refractivity contribution in [1.82, 2.24) is 4.57 Å². The maximum Gasteiger partial charge on any atom is 0.0247 e. The fourth-order valence-corrected chi connectivity index (χ4v) is 1.04. The summed E-state index contributed by atoms with van der Waals surface area (Å²) >= 11 is 0. The Morgan fingerprint density at radius 2 is 1.64 bits per heavy atom. The third-order valence-corrected chi connectivity index (χ3v) is 2.30. The minimum absolute atomic E-state index is 0.766. The largest absolute Gasteiger partial charge is 0.354 e. The predicted molar refractivity (Wildman–Crippen MR) is 48.4 cm³/mol. The van der Waals surface area contributed by atoms with E-state index in [2.05, 4.69) is 49.9 Å². The van der Waals surface area contributed by atoms with Gasteiger partial charge in [0, 0.05) is 18.9 Å². The van der Waals surface area contributed by atoms with E-state index >= 15 is 0 Å². The summed E-state index contributed by atoms with van der Waals surface area (Å²) < 4.78 is 2.24. The zero-order valence-electron chi connectivity index (χ0n) is 7.62. The lowest BCUT2D eigenvalue weighted by Gasteiger charge is -2.15. The molecule has 0 amide bonds. The van der Waals surface area contributed by atoms with E-state index in [0.717, 1.165) is 18.4 Å². The van der Waals surface area contributed by atoms with Gasteiger partial charge in [0.05, 0.1) is 0 Å². The Kier molecular flexibility index (Phi) is 2.75. The van der Waals surface area contributed by atoms with Crippen LogP contribution in [0, 0.1) is 11.8 Å². The topological polar surface area (TPSA) is 4.93 Å². The zero-order chi connectivity index (χ0) is 8.27. The van der Waals surface area contributed by atoms with Crippen LogP contribution in [0.2, 0.25) is 0 Å². The normalized spacial score (nSPS) is 13.8. The third kappa shape index (κ3) is 2.41. The van der Waals surface area contributed by atoms with Crippen molar-refractivity contribution in [3.63, 3.8) is 0 Å². The van der Waals surface area contributed by atoms with Gasteiger partial charge in [-0.2, -0.15) is 0 Å². The van der Waals surface area contributed by atoms with Gasteiger partial charge in [0.2, 0.25) is 0 Å². The molecule has 1 heteroatoms. The van der Waals surface area contributed by atoms with Crippen LogP contribution in [0.4, 0.5) is 0 Å². The van der Waals surface area contributed by atoms with Crippen molar-refractivity contribution in [2.75, 3.05) is 0 Å². The summed E-state index contributed by atoms with van der Waals surface area (Å²) in [6, 6.07) is 4.15. The van der Waals surface area contributed by atoms with Crippen molar-refractivity contribution in [1.29, 1.82) is 0 Å². The van der Waals surface area contributed by atoms with Crippen LogP contribution >= 0.6 is 0 Å². The second kappa shape index (κ2) is 3.61. The standard InChI is InChI=1S/C10H17N/c1-9(2)10(3)8-11-6-4-5-7-11/h4-7,9-10H,8H2,1-3H3. The maximum atomic E-state index is 2.30. The van der Waals surface area contributed by atoms with Gasteiger partial charge in [0.1, 0.15) is 0 Å². The molecule has 0 spiro atoms. The van der Waals surface area contributed by atoms with Crippen LogP contribution in [0.5, 0.6) is 0 Å². The number of rotatable bonds is 3. The SMILES string of the molecule is CC(C)C(C)Cn1cccc1. The minimum atomic E-state index is 0.766. The van der Waals surface area contributed by atoms with Crippen molar-refractivity contribution in [2.45, 2.75) is 27.3 Å². The zero-order valence-corrected chi connectivity index (χ0v) is 7.62. The van der Waals surface area contributed by atoms with E-state index in [9.17, 15) is 0 Å². The molecule has 1 unspecified atom stereocenters. The van der Waals surface area contributed by atoms with Crippen LogP contribution < -0.4 is 0 Å². The molecule has 1 atom stereocenters. The van der Waals surface area contributed by atoms with Crippen molar-refractivity contribution in [3.8, 4) is 0 Å². The molecule has 0 saturated heterocycles. The molecular weight excluding hydrogens is 134 g/mol. The Morgan fingerprint density at radius 1 is 1.09 bits per heavy atom. The average Bonchev–Trinajstić information content (AvgIpc) is 2.39. The van der Waals surface area contributed by atoms with Crippen LogP contribution in [0.25, 0.3) is 0 Å². The smallest absolute Gasteiger partial charge is 0.0247 e. The summed E-state index contributed by atoms with van der Waals surface area (Å²) in [5, 5.41) is 0. The van der Waals surface area contributed by atoms with E-state index < -0.39 is 0 Å². The van der Waals surface area contributed by atoms with E-state index in [0.29, 0.717) is 0 Å². The third-order valence-electron chi connectivity index (χ3n) is 2.30. The molecule has 0 saturated carbocycles. The van der Waals surface area contributed by atoms with Gasteiger partial charge in [-0.1, -0.05) is 20.8 Å². The molecule has 0 N–H and O–H groups in total. The molecule has 0 aromatic carbocycles. The van der Waals surface area contributed by atoms with E-state index in [1.807, 2.05) is 0 Å². The second-order valence-electron chi connectivity index (χ2n) is 3.60. The fourth-order valence-electron chi connectivity index (χ4n) is 1.04. The lowest BCUT2D eigenvalue weighted by Crippen LogP contribution is -2.11.